The first-order valence-electron chi connectivity index (χ1n) is 7.52. The van der Waals surface area contributed by atoms with E-state index in [2.05, 4.69) is 5.32 Å². The van der Waals surface area contributed by atoms with Gasteiger partial charge >= 0.3 is 0 Å². The van der Waals surface area contributed by atoms with Crippen LogP contribution >= 0.6 is 11.3 Å². The monoisotopic (exact) mass is 331 g/mol. The molecule has 1 aromatic carbocycles. The largest absolute Gasteiger partial charge is 0.496 e. The van der Waals surface area contributed by atoms with Crippen LogP contribution < -0.4 is 10.1 Å². The number of carbonyl (C=O) groups is 2. The molecule has 0 radical (unpaired) electrons. The van der Waals surface area contributed by atoms with Crippen molar-refractivity contribution in [2.45, 2.75) is 32.7 Å². The minimum Gasteiger partial charge on any atom is -0.496 e. The van der Waals surface area contributed by atoms with E-state index >= 15 is 0 Å². The van der Waals surface area contributed by atoms with E-state index in [9.17, 15) is 9.59 Å². The molecule has 4 nitrogen and oxygen atoms in total. The minimum atomic E-state index is -0.172. The van der Waals surface area contributed by atoms with Crippen LogP contribution in [0.2, 0.25) is 0 Å². The highest BCUT2D eigenvalue weighted by Gasteiger charge is 2.16. The van der Waals surface area contributed by atoms with Crippen molar-refractivity contribution in [3.05, 3.63) is 51.7 Å². The lowest BCUT2D eigenvalue weighted by Gasteiger charge is -2.18. The Morgan fingerprint density at radius 1 is 1.26 bits per heavy atom. The predicted molar refractivity (Wildman–Crippen MR) is 92.2 cm³/mol. The summed E-state index contributed by atoms with van der Waals surface area (Å²) >= 11 is 1.40. The normalized spacial score (nSPS) is 11.8. The van der Waals surface area contributed by atoms with E-state index in [-0.39, 0.29) is 30.6 Å². The van der Waals surface area contributed by atoms with Crippen LogP contribution in [-0.4, -0.2) is 18.8 Å². The highest BCUT2D eigenvalue weighted by Crippen LogP contribution is 2.26. The molecule has 122 valence electrons. The summed E-state index contributed by atoms with van der Waals surface area (Å²) in [5.74, 6) is 0.625. The number of aryl methyl sites for hydroxylation is 1. The quantitative estimate of drug-likeness (QED) is 0.783. The number of ketones is 1. The van der Waals surface area contributed by atoms with Gasteiger partial charge in [0.25, 0.3) is 0 Å². The molecule has 1 N–H and O–H groups in total. The fourth-order valence-electron chi connectivity index (χ4n) is 2.37. The lowest BCUT2D eigenvalue weighted by molar-refractivity contribution is -0.121. The Labute approximate surface area is 140 Å². The Balaban J connectivity index is 1.92. The van der Waals surface area contributed by atoms with Crippen LogP contribution in [0.4, 0.5) is 0 Å². The molecule has 0 spiro atoms. The molecular formula is C18H21NO3S. The molecule has 23 heavy (non-hydrogen) atoms. The maximum absolute atomic E-state index is 12.1. The van der Waals surface area contributed by atoms with Crippen molar-refractivity contribution in [3.8, 4) is 5.75 Å². The summed E-state index contributed by atoms with van der Waals surface area (Å²) in [6, 6.07) is 9.31. The van der Waals surface area contributed by atoms with Crippen molar-refractivity contribution in [2.75, 3.05) is 7.11 Å². The number of rotatable bonds is 7. The smallest absolute Gasteiger partial charge is 0.220 e. The van der Waals surface area contributed by atoms with E-state index < -0.39 is 0 Å². The van der Waals surface area contributed by atoms with Gasteiger partial charge < -0.3 is 10.1 Å². The third kappa shape index (κ3) is 4.66. The van der Waals surface area contributed by atoms with E-state index in [1.165, 1.54) is 11.3 Å². The van der Waals surface area contributed by atoms with Crippen LogP contribution in [0.15, 0.2) is 35.7 Å². The summed E-state index contributed by atoms with van der Waals surface area (Å²) in [4.78, 5) is 24.7. The van der Waals surface area contributed by atoms with Gasteiger partial charge in [0, 0.05) is 18.4 Å². The molecule has 5 heteroatoms. The summed E-state index contributed by atoms with van der Waals surface area (Å²) in [7, 11) is 1.61. The van der Waals surface area contributed by atoms with Crippen LogP contribution in [0.1, 0.15) is 46.6 Å². The number of hydrogen-bond acceptors (Lipinski definition) is 4. The molecule has 0 aliphatic carbocycles. The Kier molecular flexibility index (Phi) is 5.93. The number of methoxy groups -OCH3 is 1. The molecule has 0 bridgehead atoms. The Morgan fingerprint density at radius 2 is 2.04 bits per heavy atom. The van der Waals surface area contributed by atoms with E-state index in [0.29, 0.717) is 4.88 Å². The van der Waals surface area contributed by atoms with E-state index in [1.807, 2.05) is 43.5 Å². The second-order valence-electron chi connectivity index (χ2n) is 5.44. The Bertz CT molecular complexity index is 680. The first-order valence-corrected chi connectivity index (χ1v) is 8.40. The predicted octanol–water partition coefficient (Wildman–Crippen LogP) is 3.91. The van der Waals surface area contributed by atoms with Crippen molar-refractivity contribution in [1.82, 2.24) is 5.32 Å². The molecule has 0 aliphatic rings. The van der Waals surface area contributed by atoms with Crippen molar-refractivity contribution in [1.29, 1.82) is 0 Å². The topological polar surface area (TPSA) is 55.4 Å². The van der Waals surface area contributed by atoms with Crippen molar-refractivity contribution >= 4 is 23.0 Å². The molecular weight excluding hydrogens is 310 g/mol. The zero-order valence-electron chi connectivity index (χ0n) is 13.6. The summed E-state index contributed by atoms with van der Waals surface area (Å²) in [6.45, 7) is 3.91. The van der Waals surface area contributed by atoms with Gasteiger partial charge in [0.1, 0.15) is 5.75 Å². The van der Waals surface area contributed by atoms with Gasteiger partial charge in [-0.25, -0.2) is 0 Å². The zero-order chi connectivity index (χ0) is 16.8. The van der Waals surface area contributed by atoms with Crippen molar-refractivity contribution < 1.29 is 14.3 Å². The third-order valence-corrected chi connectivity index (χ3v) is 4.52. The number of amides is 1. The minimum absolute atomic E-state index is 0.0101. The van der Waals surface area contributed by atoms with Crippen molar-refractivity contribution in [3.63, 3.8) is 0 Å². The first-order chi connectivity index (χ1) is 11.0. The molecule has 0 saturated heterocycles. The third-order valence-electron chi connectivity index (χ3n) is 3.60. The Morgan fingerprint density at radius 3 is 2.70 bits per heavy atom. The maximum atomic E-state index is 12.1. The van der Waals surface area contributed by atoms with Crippen LogP contribution in [-0.2, 0) is 4.79 Å². The average Bonchev–Trinajstić information content (AvgIpc) is 3.07. The summed E-state index contributed by atoms with van der Waals surface area (Å²) < 4.78 is 5.35. The maximum Gasteiger partial charge on any atom is 0.220 e. The van der Waals surface area contributed by atoms with Gasteiger partial charge in [-0.2, -0.15) is 0 Å². The van der Waals surface area contributed by atoms with Gasteiger partial charge in [0.15, 0.2) is 5.78 Å². The molecule has 1 amide bonds. The van der Waals surface area contributed by atoms with Gasteiger partial charge in [0.2, 0.25) is 5.91 Å². The fourth-order valence-corrected chi connectivity index (χ4v) is 3.07. The molecule has 2 rings (SSSR count). The number of nitrogens with one attached hydrogen (secondary N) is 1. The highest BCUT2D eigenvalue weighted by atomic mass is 32.1. The second-order valence-corrected chi connectivity index (χ2v) is 6.38. The number of thiophene rings is 1. The van der Waals surface area contributed by atoms with Crippen LogP contribution in [0.5, 0.6) is 5.75 Å². The SMILES string of the molecule is COc1ccc(C)cc1[C@@H](C)NC(=O)CCC(=O)c1cccs1. The van der Waals surface area contributed by atoms with Gasteiger partial charge in [-0.15, -0.1) is 11.3 Å². The number of ether oxygens (including phenoxy) is 1. The first kappa shape index (κ1) is 17.2. The van der Waals surface area contributed by atoms with E-state index in [0.717, 1.165) is 16.9 Å². The zero-order valence-corrected chi connectivity index (χ0v) is 14.4. The summed E-state index contributed by atoms with van der Waals surface area (Å²) in [5, 5.41) is 4.79. The van der Waals surface area contributed by atoms with Crippen LogP contribution in [0.3, 0.4) is 0 Å². The average molecular weight is 331 g/mol. The molecule has 1 heterocycles. The number of carbonyl (C=O) groups excluding carboxylic acids is 2. The molecule has 0 fully saturated rings. The number of benzene rings is 1. The van der Waals surface area contributed by atoms with Crippen LogP contribution in [0.25, 0.3) is 0 Å². The molecule has 0 saturated carbocycles. The molecule has 1 atom stereocenters. The van der Waals surface area contributed by atoms with Gasteiger partial charge in [-0.1, -0.05) is 23.8 Å². The van der Waals surface area contributed by atoms with Crippen LogP contribution in [0, 0.1) is 6.92 Å². The molecule has 0 aliphatic heterocycles. The second kappa shape index (κ2) is 7.92. The summed E-state index contributed by atoms with van der Waals surface area (Å²) in [6.07, 6.45) is 0.416. The molecule has 1 aromatic heterocycles. The lowest BCUT2D eigenvalue weighted by Crippen LogP contribution is -2.27. The summed E-state index contributed by atoms with van der Waals surface area (Å²) in [5.41, 5.74) is 2.04. The van der Waals surface area contributed by atoms with Crippen molar-refractivity contribution in [2.24, 2.45) is 0 Å². The highest BCUT2D eigenvalue weighted by molar-refractivity contribution is 7.12. The number of Topliss-reactive ketones (excluding diaryl/α,β-unsaturated/α-hetero) is 1. The lowest BCUT2D eigenvalue weighted by atomic mass is 10.0. The van der Waals surface area contributed by atoms with E-state index in [4.69, 9.17) is 4.74 Å². The molecule has 0 unspecified atom stereocenters. The standard InChI is InChI=1S/C18H21NO3S/c1-12-6-8-16(22-3)14(11-12)13(2)19-18(21)9-7-15(20)17-5-4-10-23-17/h4-6,8,10-11,13H,7,9H2,1-3H3,(H,19,21)/t13-/m1/s1. The van der Waals surface area contributed by atoms with E-state index in [1.54, 1.807) is 13.2 Å². The van der Waals surface area contributed by atoms with Gasteiger partial charge in [-0.3, -0.25) is 9.59 Å². The Hall–Kier alpha value is -2.14. The number of hydrogen-bond donors (Lipinski definition) is 1. The van der Waals surface area contributed by atoms with Gasteiger partial charge in [-0.05, 0) is 31.4 Å². The fraction of sp³-hybridized carbons (Fsp3) is 0.333. The van der Waals surface area contributed by atoms with Gasteiger partial charge in [0.05, 0.1) is 18.0 Å². The molecule has 2 aromatic rings.